The van der Waals surface area contributed by atoms with Crippen LogP contribution in [-0.2, 0) is 16.1 Å². The minimum absolute atomic E-state index is 0.115. The number of halogens is 2. The first-order valence-electron chi connectivity index (χ1n) is 9.59. The molecule has 32 heavy (non-hydrogen) atoms. The molecule has 2 aromatic heterocycles. The van der Waals surface area contributed by atoms with E-state index in [2.05, 4.69) is 4.98 Å². The molecule has 1 aliphatic heterocycles. The molecule has 3 aromatic rings. The number of ketones is 1. The highest BCUT2D eigenvalue weighted by molar-refractivity contribution is 6.46. The predicted molar refractivity (Wildman–Crippen MR) is 119 cm³/mol. The molecule has 1 atom stereocenters. The summed E-state index contributed by atoms with van der Waals surface area (Å²) >= 11 is 12.4. The number of carbonyl (C=O) groups excluding carboxylic acids is 2. The number of nitrogens with zero attached hydrogens (tertiary/aromatic N) is 2. The van der Waals surface area contributed by atoms with E-state index in [1.165, 1.54) is 24.1 Å². The van der Waals surface area contributed by atoms with Gasteiger partial charge in [-0.15, -0.1) is 0 Å². The molecule has 0 radical (unpaired) electrons. The van der Waals surface area contributed by atoms with Gasteiger partial charge in [0.2, 0.25) is 0 Å². The van der Waals surface area contributed by atoms with Crippen LogP contribution in [0.15, 0.2) is 58.8 Å². The number of hydrogen-bond donors (Lipinski definition) is 1. The quantitative estimate of drug-likeness (QED) is 0.321. The lowest BCUT2D eigenvalue weighted by atomic mass is 9.99. The number of benzene rings is 1. The van der Waals surface area contributed by atoms with Gasteiger partial charge in [-0.3, -0.25) is 14.6 Å². The average Bonchev–Trinajstić information content (AvgIpc) is 3.30. The Morgan fingerprint density at radius 3 is 2.38 bits per heavy atom. The Morgan fingerprint density at radius 1 is 1.16 bits per heavy atom. The molecular formula is C23H18Cl2N2O5. The third kappa shape index (κ3) is 3.85. The number of aliphatic hydroxyl groups excluding tert-OH is 1. The number of aromatic nitrogens is 1. The summed E-state index contributed by atoms with van der Waals surface area (Å²) in [6.45, 7) is 1.87. The van der Waals surface area contributed by atoms with Crippen molar-refractivity contribution in [2.75, 3.05) is 7.11 Å². The standard InChI is InChI=1S/C23H18Cl2N2O5/c1-12-3-4-17(32-12)19-18(20(28)14-9-15(24)22(31-2)16(25)10-14)21(29)23(30)27(19)11-13-5-7-26-8-6-13/h3-10,19,28H,11H2,1-2H3/b20-18-. The molecule has 7 nitrogen and oxygen atoms in total. The molecule has 0 spiro atoms. The van der Waals surface area contributed by atoms with Gasteiger partial charge >= 0.3 is 0 Å². The maximum absolute atomic E-state index is 13.1. The SMILES string of the molecule is COc1c(Cl)cc(/C(O)=C2/C(=O)C(=O)N(Cc3ccncc3)C2c2ccc(C)o2)cc1Cl. The monoisotopic (exact) mass is 472 g/mol. The number of aliphatic hydroxyl groups is 1. The van der Waals surface area contributed by atoms with Crippen molar-refractivity contribution in [2.45, 2.75) is 19.5 Å². The van der Waals surface area contributed by atoms with Gasteiger partial charge in [-0.1, -0.05) is 23.2 Å². The maximum atomic E-state index is 13.1. The third-order valence-corrected chi connectivity index (χ3v) is 5.71. The van der Waals surface area contributed by atoms with Crippen molar-refractivity contribution >= 4 is 40.7 Å². The molecule has 1 unspecified atom stereocenters. The molecule has 9 heteroatoms. The van der Waals surface area contributed by atoms with Crippen LogP contribution in [0.3, 0.4) is 0 Å². The molecule has 1 aromatic carbocycles. The highest BCUT2D eigenvalue weighted by atomic mass is 35.5. The van der Waals surface area contributed by atoms with Crippen molar-refractivity contribution in [3.05, 3.63) is 87.1 Å². The van der Waals surface area contributed by atoms with E-state index in [-0.39, 0.29) is 33.5 Å². The van der Waals surface area contributed by atoms with Gasteiger partial charge in [0, 0.05) is 24.5 Å². The van der Waals surface area contributed by atoms with Gasteiger partial charge in [-0.2, -0.15) is 0 Å². The second-order valence-corrected chi connectivity index (χ2v) is 8.02. The number of hydrogen-bond acceptors (Lipinski definition) is 6. The zero-order chi connectivity index (χ0) is 23.0. The number of likely N-dealkylation sites (tertiary alicyclic amines) is 1. The molecule has 0 bridgehead atoms. The summed E-state index contributed by atoms with van der Waals surface area (Å²) in [6, 6.07) is 8.79. The zero-order valence-corrected chi connectivity index (χ0v) is 18.6. The van der Waals surface area contributed by atoms with E-state index in [1.807, 2.05) is 0 Å². The van der Waals surface area contributed by atoms with Crippen molar-refractivity contribution in [2.24, 2.45) is 0 Å². The fourth-order valence-corrected chi connectivity index (χ4v) is 4.31. The Morgan fingerprint density at radius 2 is 1.81 bits per heavy atom. The van der Waals surface area contributed by atoms with Crippen molar-refractivity contribution in [3.8, 4) is 5.75 Å². The van der Waals surface area contributed by atoms with Crippen LogP contribution >= 0.6 is 23.2 Å². The first kappa shape index (κ1) is 21.9. The smallest absolute Gasteiger partial charge is 0.296 e. The number of carbonyl (C=O) groups is 2. The molecule has 1 saturated heterocycles. The minimum Gasteiger partial charge on any atom is -0.507 e. The number of ether oxygens (including phenoxy) is 1. The molecular weight excluding hydrogens is 455 g/mol. The third-order valence-electron chi connectivity index (χ3n) is 5.15. The Bertz CT molecular complexity index is 1210. The number of rotatable bonds is 5. The van der Waals surface area contributed by atoms with E-state index in [1.54, 1.807) is 43.6 Å². The van der Waals surface area contributed by atoms with Crippen LogP contribution in [0.25, 0.3) is 5.76 Å². The molecule has 4 rings (SSSR count). The van der Waals surface area contributed by atoms with Crippen LogP contribution in [0.2, 0.25) is 10.0 Å². The summed E-state index contributed by atoms with van der Waals surface area (Å²) in [4.78, 5) is 31.4. The van der Waals surface area contributed by atoms with Crippen LogP contribution in [0, 0.1) is 6.92 Å². The Balaban J connectivity index is 1.87. The fraction of sp³-hybridized carbons (Fsp3) is 0.174. The summed E-state index contributed by atoms with van der Waals surface area (Å²) in [5.74, 6) is -0.813. The lowest BCUT2D eigenvalue weighted by Gasteiger charge is -2.23. The number of methoxy groups -OCH3 is 1. The Labute approximate surface area is 193 Å². The van der Waals surface area contributed by atoms with Crippen LogP contribution in [0.4, 0.5) is 0 Å². The van der Waals surface area contributed by atoms with Gasteiger partial charge in [0.05, 0.1) is 22.7 Å². The molecule has 1 fully saturated rings. The van der Waals surface area contributed by atoms with E-state index >= 15 is 0 Å². The first-order valence-corrected chi connectivity index (χ1v) is 10.3. The molecule has 0 aliphatic carbocycles. The molecule has 1 amide bonds. The van der Waals surface area contributed by atoms with E-state index in [9.17, 15) is 14.7 Å². The maximum Gasteiger partial charge on any atom is 0.296 e. The van der Waals surface area contributed by atoms with Crippen molar-refractivity contribution < 1.29 is 23.8 Å². The normalized spacial score (nSPS) is 17.8. The predicted octanol–water partition coefficient (Wildman–Crippen LogP) is 4.92. The van der Waals surface area contributed by atoms with Gasteiger partial charge in [-0.25, -0.2) is 0 Å². The topological polar surface area (TPSA) is 92.9 Å². The zero-order valence-electron chi connectivity index (χ0n) is 17.1. The lowest BCUT2D eigenvalue weighted by Crippen LogP contribution is -2.29. The number of amides is 1. The molecule has 1 N–H and O–H groups in total. The van der Waals surface area contributed by atoms with Gasteiger partial charge < -0.3 is 19.2 Å². The average molecular weight is 473 g/mol. The fourth-order valence-electron chi connectivity index (χ4n) is 3.67. The van der Waals surface area contributed by atoms with Crippen LogP contribution in [0.1, 0.15) is 28.7 Å². The number of aryl methyl sites for hydroxylation is 1. The summed E-state index contributed by atoms with van der Waals surface area (Å²) in [6.07, 6.45) is 3.19. The van der Waals surface area contributed by atoms with Crippen molar-refractivity contribution in [1.29, 1.82) is 0 Å². The largest absolute Gasteiger partial charge is 0.507 e. The Hall–Kier alpha value is -3.29. The van der Waals surface area contributed by atoms with E-state index in [4.69, 9.17) is 32.4 Å². The van der Waals surface area contributed by atoms with Crippen LogP contribution in [0.5, 0.6) is 5.75 Å². The second kappa shape index (κ2) is 8.68. The number of pyridine rings is 1. The summed E-state index contributed by atoms with van der Waals surface area (Å²) in [5, 5.41) is 11.4. The minimum atomic E-state index is -0.934. The van der Waals surface area contributed by atoms with Crippen LogP contribution in [-0.4, -0.2) is 33.8 Å². The van der Waals surface area contributed by atoms with Gasteiger partial charge in [0.15, 0.2) is 5.75 Å². The summed E-state index contributed by atoms with van der Waals surface area (Å²) < 4.78 is 10.9. The van der Waals surface area contributed by atoms with E-state index < -0.39 is 23.5 Å². The van der Waals surface area contributed by atoms with Crippen molar-refractivity contribution in [3.63, 3.8) is 0 Å². The lowest BCUT2D eigenvalue weighted by molar-refractivity contribution is -0.140. The van der Waals surface area contributed by atoms with Gasteiger partial charge in [0.1, 0.15) is 23.3 Å². The Kier molecular flexibility index (Phi) is 5.95. The first-order chi connectivity index (χ1) is 15.3. The highest BCUT2D eigenvalue weighted by Crippen LogP contribution is 2.42. The highest BCUT2D eigenvalue weighted by Gasteiger charge is 2.47. The molecule has 3 heterocycles. The van der Waals surface area contributed by atoms with Crippen LogP contribution < -0.4 is 4.74 Å². The molecule has 164 valence electrons. The number of Topliss-reactive ketones (excluding diaryl/α,β-unsaturated/α-hetero) is 1. The van der Waals surface area contributed by atoms with Gasteiger partial charge in [-0.05, 0) is 48.9 Å². The summed E-state index contributed by atoms with van der Waals surface area (Å²) in [7, 11) is 1.41. The second-order valence-electron chi connectivity index (χ2n) is 7.20. The van der Waals surface area contributed by atoms with Crippen molar-refractivity contribution in [1.82, 2.24) is 9.88 Å². The van der Waals surface area contributed by atoms with Gasteiger partial charge in [0.25, 0.3) is 11.7 Å². The molecule has 0 saturated carbocycles. The van der Waals surface area contributed by atoms with E-state index in [0.717, 1.165) is 5.56 Å². The number of furan rings is 1. The van der Waals surface area contributed by atoms with E-state index in [0.29, 0.717) is 11.5 Å². The molecule has 1 aliphatic rings. The summed E-state index contributed by atoms with van der Waals surface area (Å²) in [5.41, 5.74) is 0.831.